The molecule has 0 saturated heterocycles. The average Bonchev–Trinajstić information content (AvgIpc) is 2.66. The Bertz CT molecular complexity index is 787. The van der Waals surface area contributed by atoms with E-state index in [-0.39, 0.29) is 11.7 Å². The molecule has 1 aliphatic rings. The Balaban J connectivity index is 1.90. The Kier molecular flexibility index (Phi) is 6.46. The van der Waals surface area contributed by atoms with Gasteiger partial charge < -0.3 is 15.7 Å². The summed E-state index contributed by atoms with van der Waals surface area (Å²) >= 11 is 6.07. The molecule has 2 unspecified atom stereocenters. The molecule has 0 bridgehead atoms. The van der Waals surface area contributed by atoms with Gasteiger partial charge in [-0.25, -0.2) is 0 Å². The number of quaternary nitrogens is 1. The molecular formula is C23H30ClN2O+. The number of nitrogens with two attached hydrogens (primary N) is 1. The zero-order chi connectivity index (χ0) is 19.3. The van der Waals surface area contributed by atoms with Crippen LogP contribution in [0.15, 0.2) is 54.6 Å². The van der Waals surface area contributed by atoms with Crippen LogP contribution in [-0.4, -0.2) is 10.8 Å². The molecule has 2 atom stereocenters. The molecule has 144 valence electrons. The Morgan fingerprint density at radius 1 is 1.07 bits per heavy atom. The lowest BCUT2D eigenvalue weighted by atomic mass is 9.93. The summed E-state index contributed by atoms with van der Waals surface area (Å²) in [6.07, 6.45) is 8.23. The van der Waals surface area contributed by atoms with Crippen molar-refractivity contribution in [3.8, 4) is 5.75 Å². The van der Waals surface area contributed by atoms with E-state index >= 15 is 0 Å². The number of phenolic OH excluding ortho intramolecular Hbond substituents is 1. The largest absolute Gasteiger partial charge is 0.507 e. The molecule has 0 fully saturated rings. The summed E-state index contributed by atoms with van der Waals surface area (Å²) in [5.74, 6) is 0.348. The first-order valence-corrected chi connectivity index (χ1v) is 10.3. The van der Waals surface area contributed by atoms with Crippen LogP contribution in [0.3, 0.4) is 0 Å². The van der Waals surface area contributed by atoms with Crippen LogP contribution >= 0.6 is 11.6 Å². The zero-order valence-electron chi connectivity index (χ0n) is 16.2. The maximum atomic E-state index is 10.4. The van der Waals surface area contributed by atoms with Crippen molar-refractivity contribution in [1.29, 1.82) is 0 Å². The van der Waals surface area contributed by atoms with E-state index in [9.17, 15) is 5.11 Å². The van der Waals surface area contributed by atoms with E-state index in [0.717, 1.165) is 28.3 Å². The molecule has 0 radical (unpaired) electrons. The van der Waals surface area contributed by atoms with Crippen molar-refractivity contribution in [3.05, 3.63) is 70.8 Å². The van der Waals surface area contributed by atoms with Crippen LogP contribution in [0.4, 0.5) is 0 Å². The SMILES string of the molecule is CCCCCCC1(C)NC(c2ccc(Cl)cc2)=CC(c2ccccc2O)[NH2+]1. The van der Waals surface area contributed by atoms with Gasteiger partial charge >= 0.3 is 0 Å². The van der Waals surface area contributed by atoms with Gasteiger partial charge in [-0.1, -0.05) is 62.1 Å². The summed E-state index contributed by atoms with van der Waals surface area (Å²) in [6, 6.07) is 15.6. The second-order valence-electron chi connectivity index (χ2n) is 7.69. The minimum atomic E-state index is -0.121. The van der Waals surface area contributed by atoms with Crippen molar-refractivity contribution in [2.24, 2.45) is 0 Å². The van der Waals surface area contributed by atoms with Gasteiger partial charge in [-0.2, -0.15) is 0 Å². The topological polar surface area (TPSA) is 48.9 Å². The first-order chi connectivity index (χ1) is 13.0. The highest BCUT2D eigenvalue weighted by molar-refractivity contribution is 6.30. The summed E-state index contributed by atoms with van der Waals surface area (Å²) in [7, 11) is 0. The van der Waals surface area contributed by atoms with Gasteiger partial charge in [0.1, 0.15) is 11.8 Å². The van der Waals surface area contributed by atoms with E-state index in [4.69, 9.17) is 11.6 Å². The van der Waals surface area contributed by atoms with Crippen molar-refractivity contribution in [2.45, 2.75) is 57.7 Å². The lowest BCUT2D eigenvalue weighted by molar-refractivity contribution is -0.758. The highest BCUT2D eigenvalue weighted by Crippen LogP contribution is 2.29. The van der Waals surface area contributed by atoms with Crippen LogP contribution in [0.5, 0.6) is 5.75 Å². The number of rotatable bonds is 7. The van der Waals surface area contributed by atoms with Crippen LogP contribution in [0, 0.1) is 0 Å². The fourth-order valence-electron chi connectivity index (χ4n) is 3.83. The van der Waals surface area contributed by atoms with Gasteiger partial charge in [-0.3, -0.25) is 0 Å². The minimum Gasteiger partial charge on any atom is -0.507 e. The Labute approximate surface area is 167 Å². The monoisotopic (exact) mass is 385 g/mol. The third-order valence-corrected chi connectivity index (χ3v) is 5.57. The molecule has 2 aromatic rings. The van der Waals surface area contributed by atoms with Gasteiger partial charge in [-0.05, 0) is 36.2 Å². The van der Waals surface area contributed by atoms with Gasteiger partial charge in [0.2, 0.25) is 0 Å². The standard InChI is InChI=1S/C23H29ClN2O/c1-3-4-5-8-15-23(2)25-20(17-11-13-18(24)14-12-17)16-21(26-23)19-9-6-7-10-22(19)27/h6-7,9-14,16,21,25-27H,3-5,8,15H2,1-2H3/p+1. The molecule has 0 aliphatic carbocycles. The summed E-state index contributed by atoms with van der Waals surface area (Å²) in [6.45, 7) is 4.50. The number of halogens is 1. The first-order valence-electron chi connectivity index (χ1n) is 9.90. The lowest BCUT2D eigenvalue weighted by Gasteiger charge is -2.38. The lowest BCUT2D eigenvalue weighted by Crippen LogP contribution is -3.01. The molecular weight excluding hydrogens is 356 g/mol. The Morgan fingerprint density at radius 2 is 1.81 bits per heavy atom. The number of hydrogen-bond acceptors (Lipinski definition) is 2. The second kappa shape index (κ2) is 8.81. The Hall–Kier alpha value is -1.97. The normalized spacial score (nSPS) is 22.2. The molecule has 0 spiro atoms. The van der Waals surface area contributed by atoms with Gasteiger partial charge in [0.15, 0.2) is 5.66 Å². The van der Waals surface area contributed by atoms with E-state index < -0.39 is 0 Å². The number of phenols is 1. The molecule has 3 nitrogen and oxygen atoms in total. The van der Waals surface area contributed by atoms with Gasteiger partial charge in [0.05, 0.1) is 5.56 Å². The number of aromatic hydroxyl groups is 1. The fraction of sp³-hybridized carbons (Fsp3) is 0.391. The highest BCUT2D eigenvalue weighted by Gasteiger charge is 2.36. The molecule has 0 saturated carbocycles. The van der Waals surface area contributed by atoms with E-state index in [1.54, 1.807) is 6.07 Å². The summed E-state index contributed by atoms with van der Waals surface area (Å²) in [4.78, 5) is 0. The van der Waals surface area contributed by atoms with Crippen molar-refractivity contribution in [1.82, 2.24) is 5.32 Å². The van der Waals surface area contributed by atoms with Crippen molar-refractivity contribution in [3.63, 3.8) is 0 Å². The molecule has 1 aliphatic heterocycles. The van der Waals surface area contributed by atoms with Crippen molar-refractivity contribution >= 4 is 17.3 Å². The molecule has 1 heterocycles. The van der Waals surface area contributed by atoms with Crippen LogP contribution in [0.1, 0.15) is 63.1 Å². The van der Waals surface area contributed by atoms with Gasteiger partial charge in [0.25, 0.3) is 0 Å². The molecule has 4 heteroatoms. The molecule has 27 heavy (non-hydrogen) atoms. The fourth-order valence-corrected chi connectivity index (χ4v) is 3.95. The average molecular weight is 386 g/mol. The van der Waals surface area contributed by atoms with Crippen LogP contribution in [0.25, 0.3) is 5.70 Å². The van der Waals surface area contributed by atoms with Crippen LogP contribution in [0.2, 0.25) is 5.02 Å². The molecule has 0 amide bonds. The van der Waals surface area contributed by atoms with E-state index in [1.807, 2.05) is 42.5 Å². The number of hydrogen-bond donors (Lipinski definition) is 3. The first kappa shape index (κ1) is 19.8. The minimum absolute atomic E-state index is 0.0642. The van der Waals surface area contributed by atoms with Crippen molar-refractivity contribution in [2.75, 3.05) is 0 Å². The summed E-state index contributed by atoms with van der Waals surface area (Å²) < 4.78 is 0. The predicted molar refractivity (Wildman–Crippen MR) is 113 cm³/mol. The van der Waals surface area contributed by atoms with E-state index in [1.165, 1.54) is 25.7 Å². The van der Waals surface area contributed by atoms with Crippen LogP contribution < -0.4 is 10.6 Å². The number of nitrogens with one attached hydrogen (secondary N) is 1. The smallest absolute Gasteiger partial charge is 0.167 e. The molecule has 4 N–H and O–H groups in total. The van der Waals surface area contributed by atoms with Gasteiger partial charge in [0, 0.05) is 30.1 Å². The molecule has 0 aromatic heterocycles. The van der Waals surface area contributed by atoms with Crippen LogP contribution in [-0.2, 0) is 0 Å². The molecule has 3 rings (SSSR count). The Morgan fingerprint density at radius 3 is 2.52 bits per heavy atom. The number of para-hydroxylation sites is 1. The second-order valence-corrected chi connectivity index (χ2v) is 8.13. The predicted octanol–water partition coefficient (Wildman–Crippen LogP) is 4.98. The third kappa shape index (κ3) is 5.06. The third-order valence-electron chi connectivity index (χ3n) is 5.31. The van der Waals surface area contributed by atoms with Gasteiger partial charge in [-0.15, -0.1) is 0 Å². The maximum Gasteiger partial charge on any atom is 0.167 e. The summed E-state index contributed by atoms with van der Waals surface area (Å²) in [5.41, 5.74) is 3.04. The summed E-state index contributed by atoms with van der Waals surface area (Å²) in [5, 5.41) is 17.2. The zero-order valence-corrected chi connectivity index (χ0v) is 17.0. The number of benzene rings is 2. The molecule has 2 aromatic carbocycles. The quantitative estimate of drug-likeness (QED) is 0.588. The van der Waals surface area contributed by atoms with E-state index in [0.29, 0.717) is 5.75 Å². The number of unbranched alkanes of at least 4 members (excludes halogenated alkanes) is 3. The highest BCUT2D eigenvalue weighted by atomic mass is 35.5. The van der Waals surface area contributed by atoms with Crippen molar-refractivity contribution < 1.29 is 10.4 Å². The van der Waals surface area contributed by atoms with E-state index in [2.05, 4.69) is 30.6 Å². The maximum absolute atomic E-state index is 10.4.